The van der Waals surface area contributed by atoms with Crippen LogP contribution in [0.1, 0.15) is 24.3 Å². The monoisotopic (exact) mass is 309 g/mol. The van der Waals surface area contributed by atoms with Crippen LogP contribution in [-0.4, -0.2) is 43.3 Å². The van der Waals surface area contributed by atoms with Crippen molar-refractivity contribution in [1.82, 2.24) is 9.47 Å². The zero-order valence-electron chi connectivity index (χ0n) is 11.2. The van der Waals surface area contributed by atoms with Crippen molar-refractivity contribution in [2.75, 3.05) is 13.1 Å². The molecule has 1 aromatic heterocycles. The van der Waals surface area contributed by atoms with Gasteiger partial charge in [0.15, 0.2) is 0 Å². The van der Waals surface area contributed by atoms with Gasteiger partial charge in [0, 0.05) is 19.3 Å². The van der Waals surface area contributed by atoms with Gasteiger partial charge in [0.05, 0.1) is 6.54 Å². The highest BCUT2D eigenvalue weighted by atomic mass is 32.2. The van der Waals surface area contributed by atoms with Crippen LogP contribution in [0.2, 0.25) is 0 Å². The van der Waals surface area contributed by atoms with Crippen LogP contribution in [0.5, 0.6) is 0 Å². The van der Waals surface area contributed by atoms with Gasteiger partial charge in [0.1, 0.15) is 10.6 Å². The Morgan fingerprint density at radius 2 is 1.95 bits per heavy atom. The van der Waals surface area contributed by atoms with E-state index in [0.717, 1.165) is 16.8 Å². The molecule has 0 atom stereocenters. The number of primary sulfonamides is 1. The Morgan fingerprint density at radius 3 is 2.35 bits per heavy atom. The topological polar surface area (TPSA) is 85.4 Å². The minimum Gasteiger partial charge on any atom is -0.338 e. The van der Waals surface area contributed by atoms with E-state index in [1.54, 1.807) is 13.8 Å². The first kappa shape index (κ1) is 16.6. The van der Waals surface area contributed by atoms with Gasteiger partial charge in [-0.05, 0) is 19.9 Å². The number of sulfonamides is 1. The van der Waals surface area contributed by atoms with Crippen LogP contribution in [0.25, 0.3) is 0 Å². The summed E-state index contributed by atoms with van der Waals surface area (Å²) in [7, 11) is -4.05. The normalized spacial score (nSPS) is 11.9. The van der Waals surface area contributed by atoms with Crippen LogP contribution in [0.15, 0.2) is 17.2 Å². The summed E-state index contributed by atoms with van der Waals surface area (Å²) in [6.07, 6.45) is -1.75. The van der Waals surface area contributed by atoms with E-state index >= 15 is 0 Å². The fourth-order valence-electron chi connectivity index (χ4n) is 1.79. The van der Waals surface area contributed by atoms with E-state index in [1.807, 2.05) is 0 Å². The summed E-state index contributed by atoms with van der Waals surface area (Å²) < 4.78 is 48.5. The Bertz CT molecular complexity index is 580. The molecule has 0 saturated carbocycles. The number of alkyl halides is 2. The van der Waals surface area contributed by atoms with Crippen LogP contribution in [0.4, 0.5) is 8.78 Å². The van der Waals surface area contributed by atoms with Crippen LogP contribution >= 0.6 is 0 Å². The van der Waals surface area contributed by atoms with Crippen molar-refractivity contribution < 1.29 is 22.0 Å². The Balaban J connectivity index is 3.28. The fourth-order valence-corrected chi connectivity index (χ4v) is 2.34. The first-order chi connectivity index (χ1) is 9.20. The summed E-state index contributed by atoms with van der Waals surface area (Å²) in [5.74, 6) is -0.509. The predicted octanol–water partition coefficient (Wildman–Crippen LogP) is 0.883. The number of rotatable bonds is 6. The lowest BCUT2D eigenvalue weighted by molar-refractivity contribution is 0.0752. The molecule has 9 heteroatoms. The van der Waals surface area contributed by atoms with E-state index in [2.05, 4.69) is 0 Å². The number of nitrogens with two attached hydrogens (primary N) is 1. The number of hydrogen-bond acceptors (Lipinski definition) is 3. The van der Waals surface area contributed by atoms with Crippen molar-refractivity contribution >= 4 is 15.9 Å². The van der Waals surface area contributed by atoms with Crippen molar-refractivity contribution in [3.63, 3.8) is 0 Å². The average molecular weight is 309 g/mol. The molecule has 0 radical (unpaired) electrons. The molecule has 0 aliphatic heterocycles. The van der Waals surface area contributed by atoms with Gasteiger partial charge in [-0.2, -0.15) is 0 Å². The molecule has 0 unspecified atom stereocenters. The van der Waals surface area contributed by atoms with Gasteiger partial charge in [-0.25, -0.2) is 22.3 Å². The van der Waals surface area contributed by atoms with Gasteiger partial charge < -0.3 is 9.47 Å². The molecule has 0 bridgehead atoms. The smallest absolute Gasteiger partial charge is 0.270 e. The van der Waals surface area contributed by atoms with Crippen molar-refractivity contribution in [3.8, 4) is 0 Å². The lowest BCUT2D eigenvalue weighted by Gasteiger charge is -2.19. The molecular weight excluding hydrogens is 292 g/mol. The standard InChI is InChI=1S/C11H17F2N3O3S/c1-3-15(4-2)11(17)9-5-8(20(14,18)19)6-16(9)7-10(12)13/h5-6,10H,3-4,7H2,1-2H3,(H2,14,18,19). The maximum Gasteiger partial charge on any atom is 0.270 e. The molecule has 1 heterocycles. The number of amides is 1. The zero-order valence-corrected chi connectivity index (χ0v) is 12.0. The first-order valence-corrected chi connectivity index (χ1v) is 7.55. The van der Waals surface area contributed by atoms with Crippen molar-refractivity contribution in [2.24, 2.45) is 5.14 Å². The summed E-state index contributed by atoms with van der Waals surface area (Å²) in [5.41, 5.74) is -0.113. The highest BCUT2D eigenvalue weighted by Crippen LogP contribution is 2.16. The van der Waals surface area contributed by atoms with Crippen LogP contribution in [0, 0.1) is 0 Å². The van der Waals surface area contributed by atoms with E-state index < -0.39 is 28.9 Å². The van der Waals surface area contributed by atoms with Crippen molar-refractivity contribution in [1.29, 1.82) is 0 Å². The molecule has 20 heavy (non-hydrogen) atoms. The predicted molar refractivity (Wildman–Crippen MR) is 69.1 cm³/mol. The van der Waals surface area contributed by atoms with Gasteiger partial charge >= 0.3 is 0 Å². The summed E-state index contributed by atoms with van der Waals surface area (Å²) >= 11 is 0. The Morgan fingerprint density at radius 1 is 1.40 bits per heavy atom. The highest BCUT2D eigenvalue weighted by molar-refractivity contribution is 7.89. The maximum absolute atomic E-state index is 12.5. The Labute approximate surface area is 116 Å². The molecule has 1 amide bonds. The second-order valence-electron chi connectivity index (χ2n) is 4.13. The van der Waals surface area contributed by atoms with Gasteiger partial charge in [-0.1, -0.05) is 0 Å². The number of carbonyl (C=O) groups is 1. The molecule has 1 aromatic rings. The summed E-state index contributed by atoms with van der Waals surface area (Å²) in [6, 6.07) is 1.03. The van der Waals surface area contributed by atoms with Gasteiger partial charge in [-0.3, -0.25) is 4.79 Å². The number of carbonyl (C=O) groups excluding carboxylic acids is 1. The molecule has 0 aliphatic rings. The maximum atomic E-state index is 12.5. The summed E-state index contributed by atoms with van der Waals surface area (Å²) in [4.78, 5) is 13.2. The third-order valence-corrected chi connectivity index (χ3v) is 3.68. The molecule has 0 aromatic carbocycles. The SMILES string of the molecule is CCN(CC)C(=O)c1cc(S(N)(=O)=O)cn1CC(F)F. The molecule has 0 fully saturated rings. The number of aromatic nitrogens is 1. The quantitative estimate of drug-likeness (QED) is 0.846. The second-order valence-corrected chi connectivity index (χ2v) is 5.69. The van der Waals surface area contributed by atoms with E-state index in [0.29, 0.717) is 13.1 Å². The summed E-state index contributed by atoms with van der Waals surface area (Å²) in [5, 5.41) is 4.96. The molecule has 0 saturated heterocycles. The van der Waals surface area contributed by atoms with Crippen molar-refractivity contribution in [3.05, 3.63) is 18.0 Å². The highest BCUT2D eigenvalue weighted by Gasteiger charge is 2.23. The van der Waals surface area contributed by atoms with Crippen LogP contribution in [-0.2, 0) is 16.6 Å². The molecule has 1 rings (SSSR count). The van der Waals surface area contributed by atoms with E-state index in [9.17, 15) is 22.0 Å². The first-order valence-electron chi connectivity index (χ1n) is 6.01. The largest absolute Gasteiger partial charge is 0.338 e. The number of hydrogen-bond donors (Lipinski definition) is 1. The molecular formula is C11H17F2N3O3S. The summed E-state index contributed by atoms with van der Waals surface area (Å²) in [6.45, 7) is 3.49. The lowest BCUT2D eigenvalue weighted by Crippen LogP contribution is -2.32. The second kappa shape index (κ2) is 6.31. The van der Waals surface area contributed by atoms with Gasteiger partial charge in [0.25, 0.3) is 12.3 Å². The zero-order chi connectivity index (χ0) is 15.5. The van der Waals surface area contributed by atoms with Gasteiger partial charge in [-0.15, -0.1) is 0 Å². The minimum absolute atomic E-state index is 0.113. The van der Waals surface area contributed by atoms with E-state index in [-0.39, 0.29) is 10.6 Å². The molecule has 0 spiro atoms. The Kier molecular flexibility index (Phi) is 5.23. The third-order valence-electron chi connectivity index (χ3n) is 2.80. The Hall–Kier alpha value is -1.48. The van der Waals surface area contributed by atoms with E-state index in [4.69, 9.17) is 5.14 Å². The molecule has 114 valence electrons. The van der Waals surface area contributed by atoms with Crippen LogP contribution < -0.4 is 5.14 Å². The molecule has 2 N–H and O–H groups in total. The average Bonchev–Trinajstić information content (AvgIpc) is 2.73. The molecule has 0 aliphatic carbocycles. The van der Waals surface area contributed by atoms with Gasteiger partial charge in [0.2, 0.25) is 10.0 Å². The van der Waals surface area contributed by atoms with E-state index in [1.165, 1.54) is 4.90 Å². The number of nitrogens with zero attached hydrogens (tertiary/aromatic N) is 2. The number of halogens is 2. The van der Waals surface area contributed by atoms with Crippen molar-refractivity contribution in [2.45, 2.75) is 31.7 Å². The minimum atomic E-state index is -4.05. The fraction of sp³-hybridized carbons (Fsp3) is 0.545. The van der Waals surface area contributed by atoms with Crippen LogP contribution in [0.3, 0.4) is 0 Å². The molecule has 6 nitrogen and oxygen atoms in total. The lowest BCUT2D eigenvalue weighted by atomic mass is 10.3. The third kappa shape index (κ3) is 3.76.